The van der Waals surface area contributed by atoms with E-state index in [9.17, 15) is 4.79 Å². The van der Waals surface area contributed by atoms with Gasteiger partial charge in [-0.1, -0.05) is 48.0 Å². The number of nitrogens with two attached hydrogens (primary N) is 1. The number of nitrogen functional groups attached to an aromatic ring is 1. The van der Waals surface area contributed by atoms with Crippen molar-refractivity contribution < 1.29 is 9.53 Å². The molecular weight excluding hydrogens is 398 g/mol. The van der Waals surface area contributed by atoms with Gasteiger partial charge in [0.1, 0.15) is 5.82 Å². The molecule has 4 rings (SSSR count). The summed E-state index contributed by atoms with van der Waals surface area (Å²) >= 11 is 0. The second kappa shape index (κ2) is 9.53. The average Bonchev–Trinajstić information content (AvgIpc) is 3.21. The maximum absolute atomic E-state index is 13.1. The van der Waals surface area contributed by atoms with Crippen LogP contribution < -0.4 is 11.1 Å². The first kappa shape index (κ1) is 22.0. The largest absolute Gasteiger partial charge is 0.383 e. The number of aryl methyl sites for hydroxylation is 3. The van der Waals surface area contributed by atoms with Gasteiger partial charge in [-0.15, -0.1) is 0 Å². The van der Waals surface area contributed by atoms with Crippen molar-refractivity contribution in [2.75, 3.05) is 5.73 Å². The molecule has 1 amide bonds. The van der Waals surface area contributed by atoms with Gasteiger partial charge >= 0.3 is 0 Å². The molecule has 166 valence electrons. The van der Waals surface area contributed by atoms with Gasteiger partial charge in [-0.3, -0.25) is 4.79 Å². The highest BCUT2D eigenvalue weighted by Gasteiger charge is 2.30. The average molecular weight is 430 g/mol. The number of carbonyl (C=O) groups is 1. The van der Waals surface area contributed by atoms with E-state index in [1.54, 1.807) is 6.20 Å². The summed E-state index contributed by atoms with van der Waals surface area (Å²) in [7, 11) is 0. The number of amides is 1. The molecule has 0 unspecified atom stereocenters. The third-order valence-corrected chi connectivity index (χ3v) is 6.32. The van der Waals surface area contributed by atoms with Crippen LogP contribution in [0.15, 0.2) is 54.7 Å². The molecule has 1 saturated carbocycles. The molecule has 1 heterocycles. The zero-order chi connectivity index (χ0) is 22.7. The number of benzene rings is 2. The number of nitrogens with zero attached hydrogens (tertiary/aromatic N) is 1. The standard InChI is InChI=1S/C27H31N3O2/c1-17-6-4-7-21(12-17)22-14-23(26(28)29-15-22)27(31)30-24-8-5-9-25(24)32-16-20-11-10-18(2)19(3)13-20/h4,6-7,10-15,24-25H,5,8-9,16H2,1-3H3,(H2,28,29)(H,30,31)/t24-,25-/m0/s1. The molecule has 0 bridgehead atoms. The fourth-order valence-electron chi connectivity index (χ4n) is 4.27. The van der Waals surface area contributed by atoms with Crippen LogP contribution in [0.5, 0.6) is 0 Å². The van der Waals surface area contributed by atoms with Crippen LogP contribution >= 0.6 is 0 Å². The fourth-order valence-corrected chi connectivity index (χ4v) is 4.27. The summed E-state index contributed by atoms with van der Waals surface area (Å²) in [5.74, 6) is 0.0423. The maximum Gasteiger partial charge on any atom is 0.255 e. The highest BCUT2D eigenvalue weighted by Crippen LogP contribution is 2.26. The summed E-state index contributed by atoms with van der Waals surface area (Å²) in [4.78, 5) is 17.4. The second-order valence-corrected chi connectivity index (χ2v) is 8.81. The molecule has 2 aromatic carbocycles. The number of hydrogen-bond donors (Lipinski definition) is 2. The van der Waals surface area contributed by atoms with Gasteiger partial charge in [0.2, 0.25) is 0 Å². The third kappa shape index (κ3) is 5.00. The van der Waals surface area contributed by atoms with Gasteiger partial charge in [0.15, 0.2) is 0 Å². The molecule has 5 heteroatoms. The van der Waals surface area contributed by atoms with Crippen LogP contribution in [0.3, 0.4) is 0 Å². The van der Waals surface area contributed by atoms with Gasteiger partial charge in [-0.25, -0.2) is 4.98 Å². The minimum Gasteiger partial charge on any atom is -0.383 e. The van der Waals surface area contributed by atoms with E-state index in [0.717, 1.165) is 41.5 Å². The Labute approximate surface area is 190 Å². The normalized spacial score (nSPS) is 18.0. The summed E-state index contributed by atoms with van der Waals surface area (Å²) in [6.45, 7) is 6.81. The third-order valence-electron chi connectivity index (χ3n) is 6.32. The highest BCUT2D eigenvalue weighted by molar-refractivity contribution is 5.99. The van der Waals surface area contributed by atoms with Crippen LogP contribution in [0.2, 0.25) is 0 Å². The first-order valence-corrected chi connectivity index (χ1v) is 11.2. The predicted molar refractivity (Wildman–Crippen MR) is 128 cm³/mol. The van der Waals surface area contributed by atoms with E-state index >= 15 is 0 Å². The Bertz CT molecular complexity index is 1130. The van der Waals surface area contributed by atoms with E-state index in [1.165, 1.54) is 11.1 Å². The zero-order valence-electron chi connectivity index (χ0n) is 19.0. The van der Waals surface area contributed by atoms with E-state index < -0.39 is 0 Å². The molecular formula is C27H31N3O2. The molecule has 3 aromatic rings. The molecule has 0 saturated heterocycles. The number of rotatable bonds is 6. The van der Waals surface area contributed by atoms with Crippen LogP contribution in [0.1, 0.15) is 51.9 Å². The van der Waals surface area contributed by atoms with Crippen molar-refractivity contribution >= 4 is 11.7 Å². The summed E-state index contributed by atoms with van der Waals surface area (Å²) in [5, 5.41) is 3.15. The van der Waals surface area contributed by atoms with E-state index in [1.807, 2.05) is 31.2 Å². The lowest BCUT2D eigenvalue weighted by atomic mass is 10.0. The van der Waals surface area contributed by atoms with Crippen LogP contribution in [0.4, 0.5) is 5.82 Å². The van der Waals surface area contributed by atoms with Gasteiger partial charge < -0.3 is 15.8 Å². The molecule has 0 aliphatic heterocycles. The Morgan fingerprint density at radius 3 is 2.69 bits per heavy atom. The number of carbonyl (C=O) groups excluding carboxylic acids is 1. The summed E-state index contributed by atoms with van der Waals surface area (Å²) in [5.41, 5.74) is 13.2. The molecule has 0 spiro atoms. The number of nitrogens with one attached hydrogen (secondary N) is 1. The Hall–Kier alpha value is -3.18. The van der Waals surface area contributed by atoms with Crippen LogP contribution in [-0.4, -0.2) is 23.0 Å². The summed E-state index contributed by atoms with van der Waals surface area (Å²) in [6, 6.07) is 16.3. The first-order chi connectivity index (χ1) is 15.4. The van der Waals surface area contributed by atoms with Gasteiger partial charge in [-0.05, 0) is 68.4 Å². The summed E-state index contributed by atoms with van der Waals surface area (Å²) in [6.07, 6.45) is 4.57. The van der Waals surface area contributed by atoms with Crippen molar-refractivity contribution in [3.63, 3.8) is 0 Å². The minimum absolute atomic E-state index is 0.00491. The maximum atomic E-state index is 13.1. The molecule has 1 aliphatic rings. The van der Waals surface area contributed by atoms with Gasteiger partial charge in [0, 0.05) is 11.8 Å². The van der Waals surface area contributed by atoms with Gasteiger partial charge in [-0.2, -0.15) is 0 Å². The zero-order valence-corrected chi connectivity index (χ0v) is 19.0. The lowest BCUT2D eigenvalue weighted by molar-refractivity contribution is 0.0272. The van der Waals surface area contributed by atoms with Crippen molar-refractivity contribution in [1.29, 1.82) is 0 Å². The Morgan fingerprint density at radius 2 is 1.91 bits per heavy atom. The molecule has 2 atom stereocenters. The number of anilines is 1. The van der Waals surface area contributed by atoms with Crippen molar-refractivity contribution in [3.8, 4) is 11.1 Å². The lowest BCUT2D eigenvalue weighted by Crippen LogP contribution is -2.41. The molecule has 3 N–H and O–H groups in total. The Balaban J connectivity index is 1.44. The van der Waals surface area contributed by atoms with Gasteiger partial charge in [0.05, 0.1) is 24.3 Å². The molecule has 0 radical (unpaired) electrons. The molecule has 5 nitrogen and oxygen atoms in total. The fraction of sp³-hybridized carbons (Fsp3) is 0.333. The summed E-state index contributed by atoms with van der Waals surface area (Å²) < 4.78 is 6.21. The SMILES string of the molecule is Cc1cccc(-c2cnc(N)c(C(=O)N[C@H]3CCC[C@@H]3OCc3ccc(C)c(C)c3)c2)c1. The smallest absolute Gasteiger partial charge is 0.255 e. The second-order valence-electron chi connectivity index (χ2n) is 8.81. The molecule has 1 aliphatic carbocycles. The van der Waals surface area contributed by atoms with E-state index in [4.69, 9.17) is 10.5 Å². The molecule has 32 heavy (non-hydrogen) atoms. The van der Waals surface area contributed by atoms with Crippen LogP contribution in [0.25, 0.3) is 11.1 Å². The quantitative estimate of drug-likeness (QED) is 0.570. The Morgan fingerprint density at radius 1 is 1.06 bits per heavy atom. The lowest BCUT2D eigenvalue weighted by Gasteiger charge is -2.22. The van der Waals surface area contributed by atoms with Gasteiger partial charge in [0.25, 0.3) is 5.91 Å². The molecule has 1 fully saturated rings. The topological polar surface area (TPSA) is 77.2 Å². The highest BCUT2D eigenvalue weighted by atomic mass is 16.5. The van der Waals surface area contributed by atoms with Crippen LogP contribution in [0, 0.1) is 20.8 Å². The predicted octanol–water partition coefficient (Wildman–Crippen LogP) is 5.12. The number of pyridine rings is 1. The van der Waals surface area contributed by atoms with Crippen molar-refractivity contribution in [1.82, 2.24) is 10.3 Å². The van der Waals surface area contributed by atoms with Crippen LogP contribution in [-0.2, 0) is 11.3 Å². The monoisotopic (exact) mass is 429 g/mol. The van der Waals surface area contributed by atoms with Crippen molar-refractivity contribution in [3.05, 3.63) is 82.5 Å². The van der Waals surface area contributed by atoms with E-state index in [2.05, 4.69) is 48.4 Å². The van der Waals surface area contributed by atoms with Crippen molar-refractivity contribution in [2.24, 2.45) is 0 Å². The Kier molecular flexibility index (Phi) is 6.56. The number of aromatic nitrogens is 1. The van der Waals surface area contributed by atoms with E-state index in [-0.39, 0.29) is 23.9 Å². The van der Waals surface area contributed by atoms with Crippen molar-refractivity contribution in [2.45, 2.75) is 58.8 Å². The number of hydrogen-bond acceptors (Lipinski definition) is 4. The first-order valence-electron chi connectivity index (χ1n) is 11.2. The van der Waals surface area contributed by atoms with E-state index in [0.29, 0.717) is 12.2 Å². The minimum atomic E-state index is -0.198. The molecule has 1 aromatic heterocycles. The number of ether oxygens (including phenoxy) is 1.